The molecule has 1 N–H and O–H groups in total. The van der Waals surface area contributed by atoms with Gasteiger partial charge in [0, 0.05) is 12.0 Å². The number of nitrogens with zero attached hydrogens (tertiary/aromatic N) is 1. The molecule has 88 valence electrons. The number of nitro groups is 1. The molecule has 15 heavy (non-hydrogen) atoms. The van der Waals surface area contributed by atoms with Crippen LogP contribution in [0.3, 0.4) is 0 Å². The lowest BCUT2D eigenvalue weighted by Gasteiger charge is -2.18. The van der Waals surface area contributed by atoms with Crippen LogP contribution in [0.25, 0.3) is 0 Å². The Morgan fingerprint density at radius 2 is 2.00 bits per heavy atom. The lowest BCUT2D eigenvalue weighted by molar-refractivity contribution is -0.428. The Balaban J connectivity index is 4.20. The van der Waals surface area contributed by atoms with Crippen molar-refractivity contribution in [1.29, 1.82) is 0 Å². The number of unbranched alkanes of at least 4 members (excludes halogenated alkanes) is 2. The fourth-order valence-corrected chi connectivity index (χ4v) is 1.07. The zero-order valence-corrected chi connectivity index (χ0v) is 10.2. The molecule has 0 unspecified atom stereocenters. The van der Waals surface area contributed by atoms with Crippen molar-refractivity contribution in [2.75, 3.05) is 0 Å². The molecular formula is C11H22N2O2. The molecule has 0 rings (SSSR count). The summed E-state index contributed by atoms with van der Waals surface area (Å²) in [6, 6.07) is 0. The summed E-state index contributed by atoms with van der Waals surface area (Å²) in [6.07, 6.45) is 5.09. The van der Waals surface area contributed by atoms with Crippen molar-refractivity contribution in [3.63, 3.8) is 0 Å². The largest absolute Gasteiger partial charge is 0.381 e. The van der Waals surface area contributed by atoms with E-state index in [2.05, 4.69) is 12.2 Å². The fraction of sp³-hybridized carbons (Fsp3) is 0.818. The maximum absolute atomic E-state index is 10.7. The average molecular weight is 214 g/mol. The van der Waals surface area contributed by atoms with Gasteiger partial charge < -0.3 is 5.32 Å². The van der Waals surface area contributed by atoms with E-state index in [4.69, 9.17) is 0 Å². The van der Waals surface area contributed by atoms with Gasteiger partial charge in [0.1, 0.15) is 0 Å². The number of hydrogen-bond donors (Lipinski definition) is 1. The van der Waals surface area contributed by atoms with Gasteiger partial charge in [0.2, 0.25) is 0 Å². The van der Waals surface area contributed by atoms with Gasteiger partial charge in [0.15, 0.2) is 0 Å². The molecule has 0 spiro atoms. The van der Waals surface area contributed by atoms with Crippen LogP contribution in [0, 0.1) is 10.1 Å². The Labute approximate surface area is 91.9 Å². The summed E-state index contributed by atoms with van der Waals surface area (Å²) in [5.74, 6) is 0. The smallest absolute Gasteiger partial charge is 0.261 e. The Morgan fingerprint density at radius 1 is 1.40 bits per heavy atom. The first-order valence-electron chi connectivity index (χ1n) is 5.48. The molecule has 0 saturated carbocycles. The molecule has 0 bridgehead atoms. The van der Waals surface area contributed by atoms with Gasteiger partial charge in [-0.05, 0) is 27.2 Å². The second kappa shape index (κ2) is 6.43. The quantitative estimate of drug-likeness (QED) is 0.420. The van der Waals surface area contributed by atoms with E-state index >= 15 is 0 Å². The highest BCUT2D eigenvalue weighted by Crippen LogP contribution is 2.10. The van der Waals surface area contributed by atoms with Crippen LogP contribution in [-0.4, -0.2) is 10.5 Å². The van der Waals surface area contributed by atoms with E-state index in [-0.39, 0.29) is 16.2 Å². The summed E-state index contributed by atoms with van der Waals surface area (Å²) < 4.78 is 0. The summed E-state index contributed by atoms with van der Waals surface area (Å²) in [5.41, 5.74) is 0.157. The van der Waals surface area contributed by atoms with Gasteiger partial charge in [-0.3, -0.25) is 10.1 Å². The summed E-state index contributed by atoms with van der Waals surface area (Å²) in [7, 11) is 0. The van der Waals surface area contributed by atoms with Crippen LogP contribution in [0.4, 0.5) is 0 Å². The highest BCUT2D eigenvalue weighted by molar-refractivity contribution is 4.93. The van der Waals surface area contributed by atoms with E-state index < -0.39 is 0 Å². The first-order valence-corrected chi connectivity index (χ1v) is 5.48. The van der Waals surface area contributed by atoms with E-state index in [0.717, 1.165) is 19.3 Å². The molecule has 4 nitrogen and oxygen atoms in total. The van der Waals surface area contributed by atoms with E-state index in [1.165, 1.54) is 6.20 Å². The maximum Gasteiger partial charge on any atom is 0.261 e. The van der Waals surface area contributed by atoms with Crippen LogP contribution < -0.4 is 5.32 Å². The zero-order chi connectivity index (χ0) is 11.9. The minimum atomic E-state index is -0.297. The van der Waals surface area contributed by atoms with E-state index in [1.807, 2.05) is 20.8 Å². The molecule has 0 saturated heterocycles. The van der Waals surface area contributed by atoms with Crippen molar-refractivity contribution in [2.45, 2.75) is 58.9 Å². The van der Waals surface area contributed by atoms with Crippen molar-refractivity contribution in [3.8, 4) is 0 Å². The number of nitrogens with one attached hydrogen (secondary N) is 1. The van der Waals surface area contributed by atoms with Gasteiger partial charge in [-0.2, -0.15) is 0 Å². The lowest BCUT2D eigenvalue weighted by Crippen LogP contribution is -2.32. The van der Waals surface area contributed by atoms with Gasteiger partial charge >= 0.3 is 0 Å². The normalized spacial score (nSPS) is 12.7. The predicted octanol–water partition coefficient (Wildman–Crippen LogP) is 3.07. The minimum absolute atomic E-state index is 0.119. The van der Waals surface area contributed by atoms with Crippen molar-refractivity contribution < 1.29 is 4.92 Å². The number of rotatable bonds is 6. The number of hydrogen-bond acceptors (Lipinski definition) is 3. The molecule has 0 amide bonds. The van der Waals surface area contributed by atoms with Gasteiger partial charge in [-0.25, -0.2) is 0 Å². The van der Waals surface area contributed by atoms with Crippen molar-refractivity contribution in [1.82, 2.24) is 5.32 Å². The van der Waals surface area contributed by atoms with Crippen LogP contribution in [0.2, 0.25) is 0 Å². The molecule has 0 aliphatic heterocycles. The van der Waals surface area contributed by atoms with Crippen LogP contribution in [-0.2, 0) is 0 Å². The van der Waals surface area contributed by atoms with E-state index in [9.17, 15) is 10.1 Å². The maximum atomic E-state index is 10.7. The topological polar surface area (TPSA) is 55.2 Å². The Kier molecular flexibility index (Phi) is 5.97. The summed E-state index contributed by atoms with van der Waals surface area (Å²) in [6.45, 7) is 8.02. The third-order valence-corrected chi connectivity index (χ3v) is 1.94. The molecule has 0 aromatic rings. The first kappa shape index (κ1) is 13.9. The first-order chi connectivity index (χ1) is 6.87. The van der Waals surface area contributed by atoms with E-state index in [1.54, 1.807) is 0 Å². The Morgan fingerprint density at radius 3 is 2.40 bits per heavy atom. The summed E-state index contributed by atoms with van der Waals surface area (Å²) in [5, 5.41) is 13.7. The molecule has 0 aliphatic carbocycles. The highest BCUT2D eigenvalue weighted by Gasteiger charge is 2.13. The third-order valence-electron chi connectivity index (χ3n) is 1.94. The van der Waals surface area contributed by atoms with Gasteiger partial charge in [-0.1, -0.05) is 19.8 Å². The van der Waals surface area contributed by atoms with Crippen LogP contribution in [0.5, 0.6) is 0 Å². The highest BCUT2D eigenvalue weighted by atomic mass is 16.6. The second-order valence-corrected chi connectivity index (χ2v) is 4.74. The molecule has 0 atom stereocenters. The molecule has 0 aromatic heterocycles. The second-order valence-electron chi connectivity index (χ2n) is 4.74. The monoisotopic (exact) mass is 214 g/mol. The predicted molar refractivity (Wildman–Crippen MR) is 62.1 cm³/mol. The average Bonchev–Trinajstić information content (AvgIpc) is 2.08. The molecule has 4 heteroatoms. The number of allylic oxidation sites excluding steroid dienone is 1. The van der Waals surface area contributed by atoms with Crippen LogP contribution in [0.1, 0.15) is 53.4 Å². The molecule has 0 fully saturated rings. The third kappa shape index (κ3) is 7.97. The van der Waals surface area contributed by atoms with Crippen molar-refractivity contribution >= 4 is 0 Å². The SMILES string of the molecule is CCCCC/C(=C\NC(C)(C)C)[N+](=O)[O-]. The van der Waals surface area contributed by atoms with Crippen molar-refractivity contribution in [2.24, 2.45) is 0 Å². The minimum Gasteiger partial charge on any atom is -0.381 e. The van der Waals surface area contributed by atoms with Gasteiger partial charge in [0.05, 0.1) is 11.1 Å². The van der Waals surface area contributed by atoms with Gasteiger partial charge in [0.25, 0.3) is 5.70 Å². The Bertz CT molecular complexity index is 229. The van der Waals surface area contributed by atoms with Crippen LogP contribution in [0.15, 0.2) is 11.9 Å². The van der Waals surface area contributed by atoms with E-state index in [0.29, 0.717) is 6.42 Å². The fourth-order valence-electron chi connectivity index (χ4n) is 1.07. The summed E-state index contributed by atoms with van der Waals surface area (Å²) >= 11 is 0. The standard InChI is InChI=1S/C11H22N2O2/c1-5-6-7-8-10(13(14)15)9-12-11(2,3)4/h9,12H,5-8H2,1-4H3/b10-9+. The van der Waals surface area contributed by atoms with Crippen LogP contribution >= 0.6 is 0 Å². The molecule has 0 aliphatic rings. The molecule has 0 aromatic carbocycles. The Hall–Kier alpha value is -1.06. The lowest BCUT2D eigenvalue weighted by atomic mass is 10.1. The zero-order valence-electron chi connectivity index (χ0n) is 10.2. The molecule has 0 radical (unpaired) electrons. The molecule has 0 heterocycles. The van der Waals surface area contributed by atoms with Gasteiger partial charge in [-0.15, -0.1) is 0 Å². The van der Waals surface area contributed by atoms with Crippen molar-refractivity contribution in [3.05, 3.63) is 22.0 Å². The summed E-state index contributed by atoms with van der Waals surface area (Å²) in [4.78, 5) is 10.4. The molecular weight excluding hydrogens is 192 g/mol.